The van der Waals surface area contributed by atoms with Crippen LogP contribution in [-0.2, 0) is 9.47 Å². The minimum atomic E-state index is -0.613. The van der Waals surface area contributed by atoms with Crippen molar-refractivity contribution in [2.75, 3.05) is 31.0 Å². The lowest BCUT2D eigenvalue weighted by atomic mass is 10.00. The fraction of sp³-hybridized carbons (Fsp3) is 0.300. The average Bonchev–Trinajstić information content (AvgIpc) is 2.62. The van der Waals surface area contributed by atoms with E-state index in [4.69, 9.17) is 9.47 Å². The topological polar surface area (TPSA) is 96.9 Å². The molecule has 2 rings (SSSR count). The zero-order chi connectivity index (χ0) is 19.8. The van der Waals surface area contributed by atoms with Crippen LogP contribution in [-0.4, -0.2) is 37.4 Å². The molecule has 7 nitrogen and oxygen atoms in total. The van der Waals surface area contributed by atoms with E-state index in [1.165, 1.54) is 13.2 Å². The third kappa shape index (κ3) is 6.00. The molecule has 0 aliphatic rings. The van der Waals surface area contributed by atoms with Crippen molar-refractivity contribution >= 4 is 23.4 Å². The largest absolute Gasteiger partial charge is 0.507 e. The van der Waals surface area contributed by atoms with Crippen molar-refractivity contribution in [1.82, 2.24) is 0 Å². The van der Waals surface area contributed by atoms with Gasteiger partial charge in [0.15, 0.2) is 0 Å². The van der Waals surface area contributed by atoms with E-state index in [0.717, 1.165) is 5.56 Å². The van der Waals surface area contributed by atoms with Crippen molar-refractivity contribution in [1.29, 1.82) is 0 Å². The van der Waals surface area contributed by atoms with Crippen molar-refractivity contribution in [3.05, 3.63) is 53.6 Å². The fourth-order valence-corrected chi connectivity index (χ4v) is 2.34. The van der Waals surface area contributed by atoms with Gasteiger partial charge in [0.25, 0.3) is 5.91 Å². The Morgan fingerprint density at radius 1 is 1.04 bits per heavy atom. The van der Waals surface area contributed by atoms with Crippen molar-refractivity contribution in [2.45, 2.75) is 19.8 Å². The second-order valence-electron chi connectivity index (χ2n) is 6.22. The van der Waals surface area contributed by atoms with Gasteiger partial charge in [-0.1, -0.05) is 26.0 Å². The molecule has 0 saturated heterocycles. The number of methoxy groups -OCH3 is 1. The number of hydrogen-bond acceptors (Lipinski definition) is 5. The summed E-state index contributed by atoms with van der Waals surface area (Å²) in [7, 11) is 1.52. The van der Waals surface area contributed by atoms with E-state index in [-0.39, 0.29) is 23.8 Å². The van der Waals surface area contributed by atoms with Crippen molar-refractivity contribution < 1.29 is 24.2 Å². The number of rotatable bonds is 7. The van der Waals surface area contributed by atoms with Gasteiger partial charge in [0.1, 0.15) is 12.4 Å². The molecule has 0 unspecified atom stereocenters. The Balaban J connectivity index is 2.06. The lowest BCUT2D eigenvalue weighted by Crippen LogP contribution is -2.17. The third-order valence-electron chi connectivity index (χ3n) is 3.82. The van der Waals surface area contributed by atoms with E-state index in [2.05, 4.69) is 10.6 Å². The van der Waals surface area contributed by atoms with Crippen LogP contribution >= 0.6 is 0 Å². The normalized spacial score (nSPS) is 10.5. The zero-order valence-corrected chi connectivity index (χ0v) is 15.6. The van der Waals surface area contributed by atoms with Crippen molar-refractivity contribution in [3.63, 3.8) is 0 Å². The Bertz CT molecular complexity index is 805. The Kier molecular flexibility index (Phi) is 7.19. The van der Waals surface area contributed by atoms with E-state index >= 15 is 0 Å². The SMILES string of the molecule is COCCOC(=O)Nc1cccc(NC(=O)c2cc(C(C)C)ccc2O)c1. The summed E-state index contributed by atoms with van der Waals surface area (Å²) in [6.07, 6.45) is -0.613. The van der Waals surface area contributed by atoms with Gasteiger partial charge in [0.2, 0.25) is 0 Å². The summed E-state index contributed by atoms with van der Waals surface area (Å²) in [4.78, 5) is 24.2. The molecule has 0 bridgehead atoms. The summed E-state index contributed by atoms with van der Waals surface area (Å²) >= 11 is 0. The molecule has 0 atom stereocenters. The van der Waals surface area contributed by atoms with Gasteiger partial charge in [-0.25, -0.2) is 4.79 Å². The summed E-state index contributed by atoms with van der Waals surface area (Å²) in [5.74, 6) is -0.295. The molecule has 3 N–H and O–H groups in total. The Labute approximate surface area is 158 Å². The number of phenols is 1. The molecule has 0 aliphatic heterocycles. The number of amides is 2. The quantitative estimate of drug-likeness (QED) is 0.639. The molecule has 0 aromatic heterocycles. The Hall–Kier alpha value is -3.06. The van der Waals surface area contributed by atoms with Gasteiger partial charge < -0.3 is 19.9 Å². The van der Waals surface area contributed by atoms with Gasteiger partial charge in [-0.05, 0) is 41.8 Å². The average molecular weight is 372 g/mol. The maximum Gasteiger partial charge on any atom is 0.411 e. The molecule has 0 fully saturated rings. The molecular formula is C20H24N2O5. The molecule has 7 heteroatoms. The molecule has 0 saturated carbocycles. The van der Waals surface area contributed by atoms with Gasteiger partial charge in [0, 0.05) is 18.5 Å². The number of carbonyl (C=O) groups excluding carboxylic acids is 2. The first-order valence-electron chi connectivity index (χ1n) is 8.57. The maximum atomic E-state index is 12.5. The van der Waals surface area contributed by atoms with E-state index in [1.807, 2.05) is 13.8 Å². The summed E-state index contributed by atoms with van der Waals surface area (Å²) < 4.78 is 9.74. The van der Waals surface area contributed by atoms with Crippen LogP contribution in [0.2, 0.25) is 0 Å². The highest BCUT2D eigenvalue weighted by atomic mass is 16.6. The molecule has 0 heterocycles. The summed E-state index contributed by atoms with van der Waals surface area (Å²) in [6.45, 7) is 4.47. The van der Waals surface area contributed by atoms with Crippen LogP contribution in [0.1, 0.15) is 35.7 Å². The Morgan fingerprint density at radius 3 is 2.41 bits per heavy atom. The number of aromatic hydroxyl groups is 1. The number of nitrogens with one attached hydrogen (secondary N) is 2. The highest BCUT2D eigenvalue weighted by molar-refractivity contribution is 6.06. The van der Waals surface area contributed by atoms with Crippen LogP contribution in [0, 0.1) is 0 Å². The van der Waals surface area contributed by atoms with Gasteiger partial charge in [0.05, 0.1) is 12.2 Å². The smallest absolute Gasteiger partial charge is 0.411 e. The van der Waals surface area contributed by atoms with Crippen LogP contribution in [0.15, 0.2) is 42.5 Å². The standard InChI is InChI=1S/C20H24N2O5/c1-13(2)14-7-8-18(23)17(11-14)19(24)21-15-5-4-6-16(12-15)22-20(25)27-10-9-26-3/h4-8,11-13,23H,9-10H2,1-3H3,(H,21,24)(H,22,25). The van der Waals surface area contributed by atoms with Crippen LogP contribution in [0.4, 0.5) is 16.2 Å². The van der Waals surface area contributed by atoms with E-state index in [0.29, 0.717) is 18.0 Å². The fourth-order valence-electron chi connectivity index (χ4n) is 2.34. The lowest BCUT2D eigenvalue weighted by molar-refractivity contribution is 0.102. The molecule has 27 heavy (non-hydrogen) atoms. The monoisotopic (exact) mass is 372 g/mol. The number of benzene rings is 2. The first kappa shape index (κ1) is 20.3. The number of ether oxygens (including phenoxy) is 2. The first-order valence-corrected chi connectivity index (χ1v) is 8.57. The Morgan fingerprint density at radius 2 is 1.74 bits per heavy atom. The molecule has 2 aromatic rings. The number of anilines is 2. The second kappa shape index (κ2) is 9.59. The van der Waals surface area contributed by atoms with Gasteiger partial charge in [-0.2, -0.15) is 0 Å². The number of hydrogen-bond donors (Lipinski definition) is 3. The molecular weight excluding hydrogens is 348 g/mol. The predicted octanol–water partition coefficient (Wildman–Crippen LogP) is 3.96. The lowest BCUT2D eigenvalue weighted by Gasteiger charge is -2.12. The van der Waals surface area contributed by atoms with Crippen LogP contribution < -0.4 is 10.6 Å². The highest BCUT2D eigenvalue weighted by Crippen LogP contribution is 2.24. The highest BCUT2D eigenvalue weighted by Gasteiger charge is 2.14. The summed E-state index contributed by atoms with van der Waals surface area (Å²) in [5.41, 5.74) is 2.09. The van der Waals surface area contributed by atoms with Crippen molar-refractivity contribution in [2.24, 2.45) is 0 Å². The van der Waals surface area contributed by atoms with Crippen LogP contribution in [0.25, 0.3) is 0 Å². The predicted molar refractivity (Wildman–Crippen MR) is 103 cm³/mol. The van der Waals surface area contributed by atoms with Crippen LogP contribution in [0.3, 0.4) is 0 Å². The van der Waals surface area contributed by atoms with Gasteiger partial charge in [-0.3, -0.25) is 10.1 Å². The van der Waals surface area contributed by atoms with E-state index < -0.39 is 12.0 Å². The minimum Gasteiger partial charge on any atom is -0.507 e. The zero-order valence-electron chi connectivity index (χ0n) is 15.6. The van der Waals surface area contributed by atoms with E-state index in [9.17, 15) is 14.7 Å². The van der Waals surface area contributed by atoms with Gasteiger partial charge in [-0.15, -0.1) is 0 Å². The molecule has 2 aromatic carbocycles. The minimum absolute atomic E-state index is 0.0899. The number of phenolic OH excluding ortho intramolecular Hbond substituents is 1. The maximum absolute atomic E-state index is 12.5. The molecule has 0 aliphatic carbocycles. The molecule has 2 amide bonds. The second-order valence-corrected chi connectivity index (χ2v) is 6.22. The number of carbonyl (C=O) groups is 2. The van der Waals surface area contributed by atoms with Gasteiger partial charge >= 0.3 is 6.09 Å². The summed E-state index contributed by atoms with van der Waals surface area (Å²) in [5, 5.41) is 15.3. The molecule has 0 spiro atoms. The summed E-state index contributed by atoms with van der Waals surface area (Å²) in [6, 6.07) is 11.6. The first-order chi connectivity index (χ1) is 12.9. The van der Waals surface area contributed by atoms with E-state index in [1.54, 1.807) is 36.4 Å². The molecule has 0 radical (unpaired) electrons. The van der Waals surface area contributed by atoms with Crippen molar-refractivity contribution in [3.8, 4) is 5.75 Å². The van der Waals surface area contributed by atoms with Crippen LogP contribution in [0.5, 0.6) is 5.75 Å². The molecule has 144 valence electrons. The third-order valence-corrected chi connectivity index (χ3v) is 3.82.